The molecule has 0 N–H and O–H groups in total. The summed E-state index contributed by atoms with van der Waals surface area (Å²) in [7, 11) is 0.926. The molecule has 1 aromatic rings. The Kier molecular flexibility index (Phi) is 6.61. The van der Waals surface area contributed by atoms with Gasteiger partial charge in [0.1, 0.15) is 5.76 Å². The van der Waals surface area contributed by atoms with Crippen molar-refractivity contribution in [2.75, 3.05) is 19.5 Å². The van der Waals surface area contributed by atoms with Crippen LogP contribution in [0.1, 0.15) is 5.56 Å². The van der Waals surface area contributed by atoms with Crippen molar-refractivity contribution in [3.05, 3.63) is 42.5 Å². The topological polar surface area (TPSA) is 35.5 Å². The predicted octanol–water partition coefficient (Wildman–Crippen LogP) is 3.51. The number of esters is 1. The molecular weight excluding hydrogens is 305 g/mol. The highest BCUT2D eigenvalue weighted by Crippen LogP contribution is 2.31. The summed E-state index contributed by atoms with van der Waals surface area (Å²) in [6, 6.07) is 8.99. The zero-order chi connectivity index (χ0) is 15.9. The Bertz CT molecular complexity index is 474. The lowest BCUT2D eigenvalue weighted by molar-refractivity contribution is -0.165. The van der Waals surface area contributed by atoms with Gasteiger partial charge in [0.15, 0.2) is 5.25 Å². The average Bonchev–Trinajstić information content (AvgIpc) is 2.45. The van der Waals surface area contributed by atoms with Crippen molar-refractivity contribution in [2.24, 2.45) is 0 Å². The number of methoxy groups -OCH3 is 1. The maximum absolute atomic E-state index is 12.6. The van der Waals surface area contributed by atoms with Crippen LogP contribution < -0.4 is 0 Å². The molecule has 0 aliphatic rings. The van der Waals surface area contributed by atoms with Gasteiger partial charge in [-0.3, -0.25) is 4.79 Å². The average molecular weight is 320 g/mol. The Balaban J connectivity index is 2.42. The molecule has 0 aromatic heterocycles. The van der Waals surface area contributed by atoms with E-state index >= 15 is 0 Å². The van der Waals surface area contributed by atoms with Crippen molar-refractivity contribution in [2.45, 2.75) is 11.4 Å². The quantitative estimate of drug-likeness (QED) is 0.437. The SMILES string of the molecule is C=C(OCCSC(C(=O)OC)C(F)(F)F)c1ccccc1. The lowest BCUT2D eigenvalue weighted by Crippen LogP contribution is -2.35. The molecule has 0 saturated carbocycles. The summed E-state index contributed by atoms with van der Waals surface area (Å²) in [6.07, 6.45) is -4.64. The van der Waals surface area contributed by atoms with Gasteiger partial charge in [0.2, 0.25) is 0 Å². The van der Waals surface area contributed by atoms with Gasteiger partial charge >= 0.3 is 12.1 Å². The number of hydrogen-bond acceptors (Lipinski definition) is 4. The molecule has 0 heterocycles. The first-order chi connectivity index (χ1) is 9.86. The summed E-state index contributed by atoms with van der Waals surface area (Å²) in [6.45, 7) is 3.71. The van der Waals surface area contributed by atoms with Crippen LogP contribution in [0.2, 0.25) is 0 Å². The van der Waals surface area contributed by atoms with E-state index in [9.17, 15) is 18.0 Å². The van der Waals surface area contributed by atoms with Crippen molar-refractivity contribution in [3.8, 4) is 0 Å². The fourth-order valence-electron chi connectivity index (χ4n) is 1.44. The first-order valence-corrected chi connectivity index (χ1v) is 7.04. The van der Waals surface area contributed by atoms with Gasteiger partial charge in [0.05, 0.1) is 13.7 Å². The molecule has 116 valence electrons. The van der Waals surface area contributed by atoms with E-state index in [0.29, 0.717) is 17.5 Å². The lowest BCUT2D eigenvalue weighted by Gasteiger charge is -2.17. The van der Waals surface area contributed by atoms with E-state index in [0.717, 1.165) is 12.7 Å². The minimum atomic E-state index is -4.64. The van der Waals surface area contributed by atoms with Crippen LogP contribution >= 0.6 is 11.8 Å². The second-order valence-corrected chi connectivity index (χ2v) is 5.17. The number of hydrogen-bond donors (Lipinski definition) is 0. The summed E-state index contributed by atoms with van der Waals surface area (Å²) in [5, 5.41) is -2.20. The van der Waals surface area contributed by atoms with Crippen LogP contribution in [0.3, 0.4) is 0 Å². The van der Waals surface area contributed by atoms with Crippen LogP contribution in [0.15, 0.2) is 36.9 Å². The highest BCUT2D eigenvalue weighted by molar-refractivity contribution is 8.00. The molecule has 0 aliphatic heterocycles. The molecule has 0 amide bonds. The van der Waals surface area contributed by atoms with Crippen LogP contribution in [0.4, 0.5) is 13.2 Å². The van der Waals surface area contributed by atoms with Crippen molar-refractivity contribution >= 4 is 23.5 Å². The molecule has 7 heteroatoms. The summed E-state index contributed by atoms with van der Waals surface area (Å²) < 4.78 is 47.3. The van der Waals surface area contributed by atoms with E-state index in [1.807, 2.05) is 6.07 Å². The molecule has 0 saturated heterocycles. The second-order valence-electron chi connectivity index (χ2n) is 3.95. The molecule has 0 aliphatic carbocycles. The van der Waals surface area contributed by atoms with Gasteiger partial charge in [-0.2, -0.15) is 13.2 Å². The Hall–Kier alpha value is -1.63. The minimum Gasteiger partial charge on any atom is -0.493 e. The minimum absolute atomic E-state index is 0.00880. The van der Waals surface area contributed by atoms with Gasteiger partial charge in [-0.05, 0) is 0 Å². The van der Waals surface area contributed by atoms with Gasteiger partial charge < -0.3 is 9.47 Å². The summed E-state index contributed by atoms with van der Waals surface area (Å²) >= 11 is 0.433. The smallest absolute Gasteiger partial charge is 0.411 e. The third-order valence-electron chi connectivity index (χ3n) is 2.45. The van der Waals surface area contributed by atoms with Crippen LogP contribution in [0.25, 0.3) is 5.76 Å². The first-order valence-electron chi connectivity index (χ1n) is 5.99. The lowest BCUT2D eigenvalue weighted by atomic mass is 10.2. The third kappa shape index (κ3) is 5.71. The molecule has 1 aromatic carbocycles. The van der Waals surface area contributed by atoms with Crippen LogP contribution in [-0.2, 0) is 14.3 Å². The van der Waals surface area contributed by atoms with Crippen LogP contribution in [0, 0.1) is 0 Å². The summed E-state index contributed by atoms with van der Waals surface area (Å²) in [4.78, 5) is 11.1. The maximum atomic E-state index is 12.6. The fourth-order valence-corrected chi connectivity index (χ4v) is 2.28. The standard InChI is InChI=1S/C14H15F3O3S/c1-10(11-6-4-3-5-7-11)20-8-9-21-12(13(18)19-2)14(15,16)17/h3-7,12H,1,8-9H2,2H3. The molecule has 0 bridgehead atoms. The molecule has 1 rings (SSSR count). The largest absolute Gasteiger partial charge is 0.493 e. The molecular formula is C14H15F3O3S. The summed E-state index contributed by atoms with van der Waals surface area (Å²) in [5.74, 6) is -0.947. The second kappa shape index (κ2) is 7.97. The Morgan fingerprint density at radius 1 is 1.33 bits per heavy atom. The monoisotopic (exact) mass is 320 g/mol. The van der Waals surface area contributed by atoms with Crippen molar-refractivity contribution in [3.63, 3.8) is 0 Å². The van der Waals surface area contributed by atoms with Crippen LogP contribution in [-0.4, -0.2) is 36.9 Å². The van der Waals surface area contributed by atoms with E-state index in [4.69, 9.17) is 4.74 Å². The number of alkyl halides is 3. The number of benzene rings is 1. The maximum Gasteiger partial charge on any atom is 0.411 e. The number of halogens is 3. The van der Waals surface area contributed by atoms with Crippen LogP contribution in [0.5, 0.6) is 0 Å². The third-order valence-corrected chi connectivity index (χ3v) is 3.65. The van der Waals surface area contributed by atoms with Crippen molar-refractivity contribution < 1.29 is 27.4 Å². The zero-order valence-corrected chi connectivity index (χ0v) is 12.2. The van der Waals surface area contributed by atoms with E-state index in [1.54, 1.807) is 24.3 Å². The van der Waals surface area contributed by atoms with Crippen molar-refractivity contribution in [1.29, 1.82) is 0 Å². The molecule has 21 heavy (non-hydrogen) atoms. The number of carbonyl (C=O) groups is 1. The molecule has 0 fully saturated rings. The zero-order valence-electron chi connectivity index (χ0n) is 11.4. The fraction of sp³-hybridized carbons (Fsp3) is 0.357. The van der Waals surface area contributed by atoms with Gasteiger partial charge in [0, 0.05) is 11.3 Å². The van der Waals surface area contributed by atoms with Gasteiger partial charge in [0.25, 0.3) is 0 Å². The predicted molar refractivity (Wildman–Crippen MR) is 75.7 cm³/mol. The molecule has 1 unspecified atom stereocenters. The Morgan fingerprint density at radius 2 is 1.95 bits per heavy atom. The van der Waals surface area contributed by atoms with E-state index in [2.05, 4.69) is 11.3 Å². The Morgan fingerprint density at radius 3 is 2.48 bits per heavy atom. The van der Waals surface area contributed by atoms with E-state index in [1.165, 1.54) is 0 Å². The number of carbonyl (C=O) groups excluding carboxylic acids is 1. The van der Waals surface area contributed by atoms with Gasteiger partial charge in [-0.25, -0.2) is 0 Å². The van der Waals surface area contributed by atoms with E-state index in [-0.39, 0.29) is 12.4 Å². The first kappa shape index (κ1) is 17.4. The van der Waals surface area contributed by atoms with Gasteiger partial charge in [-0.15, -0.1) is 11.8 Å². The highest BCUT2D eigenvalue weighted by Gasteiger charge is 2.46. The normalized spacial score (nSPS) is 12.6. The number of ether oxygens (including phenoxy) is 2. The van der Waals surface area contributed by atoms with E-state index < -0.39 is 17.4 Å². The number of thioether (sulfide) groups is 1. The highest BCUT2D eigenvalue weighted by atomic mass is 32.2. The molecule has 3 nitrogen and oxygen atoms in total. The van der Waals surface area contributed by atoms with Crippen molar-refractivity contribution in [1.82, 2.24) is 0 Å². The number of rotatable bonds is 7. The molecule has 1 atom stereocenters. The summed E-state index contributed by atoms with van der Waals surface area (Å²) in [5.41, 5.74) is 0.753. The molecule has 0 radical (unpaired) electrons. The van der Waals surface area contributed by atoms with Gasteiger partial charge in [-0.1, -0.05) is 36.9 Å². The molecule has 0 spiro atoms. The Labute approximate surface area is 125 Å².